The highest BCUT2D eigenvalue weighted by Crippen LogP contribution is 2.60. The summed E-state index contributed by atoms with van der Waals surface area (Å²) in [5.74, 6) is 1.88. The highest BCUT2D eigenvalue weighted by atomic mass is 15.2. The van der Waals surface area contributed by atoms with Crippen LogP contribution in [0.1, 0.15) is 38.2 Å². The molecule has 0 aromatic heterocycles. The molecule has 3 heterocycles. The minimum absolute atomic E-state index is 0.425. The first-order chi connectivity index (χ1) is 9.84. The highest BCUT2D eigenvalue weighted by molar-refractivity contribution is 5.64. The number of anilines is 1. The number of para-hydroxylation sites is 1. The van der Waals surface area contributed by atoms with Gasteiger partial charge in [-0.25, -0.2) is 0 Å². The normalized spacial score (nSPS) is 44.9. The van der Waals surface area contributed by atoms with Gasteiger partial charge in [-0.1, -0.05) is 31.5 Å². The first-order valence-electron chi connectivity index (χ1n) is 8.44. The van der Waals surface area contributed by atoms with Crippen LogP contribution in [-0.4, -0.2) is 30.1 Å². The topological polar surface area (TPSA) is 15.3 Å². The molecule has 1 aromatic carbocycles. The van der Waals surface area contributed by atoms with Crippen molar-refractivity contribution in [1.29, 1.82) is 0 Å². The Bertz CT molecular complexity index is 554. The third kappa shape index (κ3) is 1.17. The fourth-order valence-corrected chi connectivity index (χ4v) is 6.26. The van der Waals surface area contributed by atoms with Gasteiger partial charge in [-0.15, -0.1) is 0 Å². The fourth-order valence-electron chi connectivity index (χ4n) is 6.26. The molecule has 3 aliphatic heterocycles. The molecule has 0 unspecified atom stereocenters. The van der Waals surface area contributed by atoms with E-state index >= 15 is 0 Å². The van der Waals surface area contributed by atoms with Gasteiger partial charge in [-0.2, -0.15) is 0 Å². The van der Waals surface area contributed by atoms with Crippen molar-refractivity contribution in [3.63, 3.8) is 0 Å². The van der Waals surface area contributed by atoms with Gasteiger partial charge in [0.2, 0.25) is 0 Å². The van der Waals surface area contributed by atoms with Gasteiger partial charge in [0.05, 0.1) is 0 Å². The van der Waals surface area contributed by atoms with E-state index in [0.29, 0.717) is 11.5 Å². The van der Waals surface area contributed by atoms with Gasteiger partial charge in [0.1, 0.15) is 0 Å². The maximum absolute atomic E-state index is 3.90. The molecule has 2 saturated heterocycles. The summed E-state index contributed by atoms with van der Waals surface area (Å²) >= 11 is 0. The predicted octanol–water partition coefficient (Wildman–Crippen LogP) is 3.24. The Morgan fingerprint density at radius 3 is 3.10 bits per heavy atom. The van der Waals surface area contributed by atoms with Crippen LogP contribution in [0.5, 0.6) is 0 Å². The molecule has 2 heteroatoms. The Morgan fingerprint density at radius 2 is 2.20 bits per heavy atom. The number of benzene rings is 1. The molecule has 2 bridgehead atoms. The molecule has 20 heavy (non-hydrogen) atoms. The fraction of sp³-hybridized carbons (Fsp3) is 0.667. The lowest BCUT2D eigenvalue weighted by Crippen LogP contribution is -2.62. The van der Waals surface area contributed by atoms with E-state index in [1.165, 1.54) is 44.5 Å². The van der Waals surface area contributed by atoms with Crippen molar-refractivity contribution in [2.45, 2.75) is 50.1 Å². The van der Waals surface area contributed by atoms with Gasteiger partial charge in [0.15, 0.2) is 0 Å². The molecule has 1 N–H and O–H groups in total. The molecular weight excluding hydrogens is 244 g/mol. The molecular formula is C18H24N2. The average Bonchev–Trinajstić information content (AvgIpc) is 3.03. The van der Waals surface area contributed by atoms with Crippen LogP contribution in [0.25, 0.3) is 0 Å². The van der Waals surface area contributed by atoms with E-state index in [1.54, 1.807) is 5.56 Å². The van der Waals surface area contributed by atoms with Crippen LogP contribution in [0.15, 0.2) is 24.3 Å². The SMILES string of the molecule is CC[C@@H]1[C@@H]2CCN3CC[C@]4(c5ccccc5N[C@@H]4C2)[C@@H]13. The number of piperidine rings is 1. The van der Waals surface area contributed by atoms with Gasteiger partial charge in [-0.05, 0) is 55.8 Å². The van der Waals surface area contributed by atoms with Gasteiger partial charge < -0.3 is 5.32 Å². The highest BCUT2D eigenvalue weighted by Gasteiger charge is 2.64. The number of hydrogen-bond acceptors (Lipinski definition) is 2. The average molecular weight is 268 g/mol. The second-order valence-corrected chi connectivity index (χ2v) is 7.37. The summed E-state index contributed by atoms with van der Waals surface area (Å²) in [7, 11) is 0. The first kappa shape index (κ1) is 11.6. The molecule has 1 saturated carbocycles. The number of hydrogen-bond donors (Lipinski definition) is 1. The second kappa shape index (κ2) is 3.79. The van der Waals surface area contributed by atoms with Crippen molar-refractivity contribution in [1.82, 2.24) is 4.90 Å². The summed E-state index contributed by atoms with van der Waals surface area (Å²) in [5, 5.41) is 3.90. The van der Waals surface area contributed by atoms with Crippen LogP contribution in [0.4, 0.5) is 5.69 Å². The molecule has 2 nitrogen and oxygen atoms in total. The molecule has 5 rings (SSSR count). The van der Waals surface area contributed by atoms with E-state index < -0.39 is 0 Å². The minimum Gasteiger partial charge on any atom is -0.381 e. The lowest BCUT2D eigenvalue weighted by atomic mass is 9.56. The smallest absolute Gasteiger partial charge is 0.0382 e. The molecule has 0 amide bonds. The van der Waals surface area contributed by atoms with Crippen LogP contribution in [0.3, 0.4) is 0 Å². The van der Waals surface area contributed by atoms with E-state index in [0.717, 1.165) is 17.9 Å². The molecule has 106 valence electrons. The predicted molar refractivity (Wildman–Crippen MR) is 82.0 cm³/mol. The lowest BCUT2D eigenvalue weighted by molar-refractivity contribution is -0.000254. The van der Waals surface area contributed by atoms with E-state index in [-0.39, 0.29) is 0 Å². The Morgan fingerprint density at radius 1 is 1.30 bits per heavy atom. The summed E-state index contributed by atoms with van der Waals surface area (Å²) < 4.78 is 0. The van der Waals surface area contributed by atoms with Crippen LogP contribution in [0.2, 0.25) is 0 Å². The van der Waals surface area contributed by atoms with E-state index in [9.17, 15) is 0 Å². The number of nitrogens with zero attached hydrogens (tertiary/aromatic N) is 1. The van der Waals surface area contributed by atoms with E-state index in [1.807, 2.05) is 0 Å². The first-order valence-corrected chi connectivity index (χ1v) is 8.44. The van der Waals surface area contributed by atoms with Crippen LogP contribution in [-0.2, 0) is 5.41 Å². The van der Waals surface area contributed by atoms with Crippen molar-refractivity contribution >= 4 is 5.69 Å². The molecule has 4 aliphatic rings. The van der Waals surface area contributed by atoms with Gasteiger partial charge >= 0.3 is 0 Å². The zero-order chi connectivity index (χ0) is 13.3. The monoisotopic (exact) mass is 268 g/mol. The van der Waals surface area contributed by atoms with Crippen molar-refractivity contribution < 1.29 is 0 Å². The summed E-state index contributed by atoms with van der Waals surface area (Å²) in [4.78, 5) is 2.83. The summed E-state index contributed by atoms with van der Waals surface area (Å²) in [6.45, 7) is 5.09. The summed E-state index contributed by atoms with van der Waals surface area (Å²) in [6, 6.07) is 10.7. The van der Waals surface area contributed by atoms with Crippen molar-refractivity contribution in [3.8, 4) is 0 Å². The quantitative estimate of drug-likeness (QED) is 0.841. The zero-order valence-electron chi connectivity index (χ0n) is 12.3. The van der Waals surface area contributed by atoms with E-state index in [4.69, 9.17) is 0 Å². The molecule has 5 atom stereocenters. The van der Waals surface area contributed by atoms with Crippen LogP contribution < -0.4 is 5.32 Å². The molecule has 3 fully saturated rings. The van der Waals surface area contributed by atoms with Crippen molar-refractivity contribution in [2.24, 2.45) is 11.8 Å². The zero-order valence-corrected chi connectivity index (χ0v) is 12.3. The van der Waals surface area contributed by atoms with Gasteiger partial charge in [0, 0.05) is 23.2 Å². The standard InChI is InChI=1S/C18H24N2/c1-2-13-12-7-9-20-10-8-18(17(13)20)14-5-3-4-6-15(14)19-16(18)11-12/h3-6,12-13,16-17,19H,2,7-11H2,1H3/t12-,13-,16-,17-,18-/m1/s1. The Hall–Kier alpha value is -1.02. The number of nitrogens with one attached hydrogen (secondary N) is 1. The minimum atomic E-state index is 0.425. The number of fused-ring (bicyclic) bond motifs is 2. The lowest BCUT2D eigenvalue weighted by Gasteiger charge is -2.55. The van der Waals surface area contributed by atoms with Gasteiger partial charge in [0.25, 0.3) is 0 Å². The maximum Gasteiger partial charge on any atom is 0.0382 e. The van der Waals surface area contributed by atoms with Crippen molar-refractivity contribution in [3.05, 3.63) is 29.8 Å². The van der Waals surface area contributed by atoms with Crippen LogP contribution >= 0.6 is 0 Å². The summed E-state index contributed by atoms with van der Waals surface area (Å²) in [6.07, 6.45) is 5.56. The molecule has 1 spiro atoms. The maximum atomic E-state index is 3.90. The summed E-state index contributed by atoms with van der Waals surface area (Å²) in [5.41, 5.74) is 3.49. The molecule has 0 radical (unpaired) electrons. The van der Waals surface area contributed by atoms with Gasteiger partial charge in [-0.3, -0.25) is 4.90 Å². The largest absolute Gasteiger partial charge is 0.381 e. The van der Waals surface area contributed by atoms with Crippen molar-refractivity contribution in [2.75, 3.05) is 18.4 Å². The molecule has 1 aliphatic carbocycles. The van der Waals surface area contributed by atoms with Crippen LogP contribution in [0, 0.1) is 11.8 Å². The third-order valence-electron chi connectivity index (χ3n) is 6.92. The Kier molecular flexibility index (Phi) is 2.20. The Labute approximate surface area is 121 Å². The Balaban J connectivity index is 1.72. The van der Waals surface area contributed by atoms with E-state index in [2.05, 4.69) is 41.4 Å². The second-order valence-electron chi connectivity index (χ2n) is 7.37. The number of rotatable bonds is 1. The molecule has 1 aromatic rings. The third-order valence-corrected chi connectivity index (χ3v) is 6.92.